The molecule has 3 rings (SSSR count). The zero-order valence-corrected chi connectivity index (χ0v) is 16.0. The number of nitrogens with zero attached hydrogens (tertiary/aromatic N) is 2. The van der Waals surface area contributed by atoms with Gasteiger partial charge in [0, 0.05) is 20.0 Å². The lowest BCUT2D eigenvalue weighted by Gasteiger charge is -2.10. The second kappa shape index (κ2) is 8.58. The van der Waals surface area contributed by atoms with Crippen LogP contribution < -0.4 is 14.8 Å². The van der Waals surface area contributed by atoms with Crippen LogP contribution in [0.2, 0.25) is 0 Å². The van der Waals surface area contributed by atoms with Gasteiger partial charge in [-0.25, -0.2) is 4.98 Å². The number of aryl methyl sites for hydroxylation is 2. The highest BCUT2D eigenvalue weighted by Crippen LogP contribution is 2.27. The molecule has 1 heterocycles. The first-order valence-corrected chi connectivity index (χ1v) is 9.00. The standard InChI is InChI=1S/C21H25N3O3/c1-24-17-8-5-4-7-16(17)23-20(24)9-6-12-22-21(25)14-15-10-11-18(26-2)19(13-15)27-3/h4-5,7-8,10-11,13H,6,9,12,14H2,1-3H3,(H,22,25). The Balaban J connectivity index is 1.49. The highest BCUT2D eigenvalue weighted by Gasteiger charge is 2.09. The summed E-state index contributed by atoms with van der Waals surface area (Å²) >= 11 is 0. The Hall–Kier alpha value is -3.02. The van der Waals surface area contributed by atoms with Gasteiger partial charge >= 0.3 is 0 Å². The normalized spacial score (nSPS) is 10.8. The molecular weight excluding hydrogens is 342 g/mol. The molecule has 27 heavy (non-hydrogen) atoms. The molecule has 0 bridgehead atoms. The van der Waals surface area contributed by atoms with Crippen LogP contribution in [0.4, 0.5) is 0 Å². The summed E-state index contributed by atoms with van der Waals surface area (Å²) in [5, 5.41) is 2.97. The second-order valence-corrected chi connectivity index (χ2v) is 6.40. The molecule has 0 saturated heterocycles. The highest BCUT2D eigenvalue weighted by atomic mass is 16.5. The Morgan fingerprint density at radius 2 is 1.89 bits per heavy atom. The van der Waals surface area contributed by atoms with Crippen LogP contribution in [-0.2, 0) is 24.7 Å². The first-order chi connectivity index (χ1) is 13.1. The van der Waals surface area contributed by atoms with Crippen LogP contribution in [0.5, 0.6) is 11.5 Å². The van der Waals surface area contributed by atoms with Gasteiger partial charge in [0.1, 0.15) is 5.82 Å². The molecule has 0 aliphatic rings. The molecule has 1 N–H and O–H groups in total. The third-order valence-corrected chi connectivity index (χ3v) is 4.59. The molecule has 2 aromatic carbocycles. The zero-order chi connectivity index (χ0) is 19.2. The number of fused-ring (bicyclic) bond motifs is 1. The van der Waals surface area contributed by atoms with Crippen molar-refractivity contribution in [2.24, 2.45) is 7.05 Å². The Morgan fingerprint density at radius 3 is 2.63 bits per heavy atom. The van der Waals surface area contributed by atoms with Gasteiger partial charge in [-0.15, -0.1) is 0 Å². The average Bonchev–Trinajstić information content (AvgIpc) is 3.01. The van der Waals surface area contributed by atoms with Crippen LogP contribution in [0, 0.1) is 0 Å². The minimum atomic E-state index is -0.00720. The number of methoxy groups -OCH3 is 2. The predicted octanol–water partition coefficient (Wildman–Crippen LogP) is 2.88. The number of hydrogen-bond donors (Lipinski definition) is 1. The van der Waals surface area contributed by atoms with Gasteiger partial charge in [0.2, 0.25) is 5.91 Å². The Bertz CT molecular complexity index is 934. The maximum Gasteiger partial charge on any atom is 0.224 e. The van der Waals surface area contributed by atoms with E-state index in [0.717, 1.165) is 35.3 Å². The minimum absolute atomic E-state index is 0.00720. The van der Waals surface area contributed by atoms with Crippen LogP contribution in [0.25, 0.3) is 11.0 Å². The number of imidazole rings is 1. The molecule has 0 atom stereocenters. The number of benzene rings is 2. The summed E-state index contributed by atoms with van der Waals surface area (Å²) in [4.78, 5) is 16.8. The van der Waals surface area contributed by atoms with Crippen LogP contribution in [0.15, 0.2) is 42.5 Å². The molecule has 0 unspecified atom stereocenters. The molecule has 6 nitrogen and oxygen atoms in total. The number of carbonyl (C=O) groups excluding carboxylic acids is 1. The van der Waals surface area contributed by atoms with Gasteiger partial charge < -0.3 is 19.4 Å². The zero-order valence-electron chi connectivity index (χ0n) is 16.0. The summed E-state index contributed by atoms with van der Waals surface area (Å²) in [5.74, 6) is 2.31. The van der Waals surface area contributed by atoms with E-state index in [2.05, 4.69) is 20.9 Å². The van der Waals surface area contributed by atoms with Crippen molar-refractivity contribution in [3.63, 3.8) is 0 Å². The third kappa shape index (κ3) is 4.39. The summed E-state index contributed by atoms with van der Waals surface area (Å²) in [6, 6.07) is 13.6. The first kappa shape index (κ1) is 18.8. The molecule has 142 valence electrons. The summed E-state index contributed by atoms with van der Waals surface area (Å²) in [5.41, 5.74) is 3.03. The van der Waals surface area contributed by atoms with Gasteiger partial charge in [-0.1, -0.05) is 18.2 Å². The number of hydrogen-bond acceptors (Lipinski definition) is 4. The maximum absolute atomic E-state index is 12.2. The van der Waals surface area contributed by atoms with Crippen molar-refractivity contribution in [2.45, 2.75) is 19.3 Å². The van der Waals surface area contributed by atoms with E-state index in [1.54, 1.807) is 14.2 Å². The monoisotopic (exact) mass is 367 g/mol. The molecular formula is C21H25N3O3. The molecule has 1 aromatic heterocycles. The van der Waals surface area contributed by atoms with E-state index in [1.807, 2.05) is 43.4 Å². The van der Waals surface area contributed by atoms with E-state index < -0.39 is 0 Å². The topological polar surface area (TPSA) is 65.4 Å². The number of aromatic nitrogens is 2. The van der Waals surface area contributed by atoms with Gasteiger partial charge in [0.05, 0.1) is 31.7 Å². The Labute approximate surface area is 159 Å². The lowest BCUT2D eigenvalue weighted by molar-refractivity contribution is -0.120. The van der Waals surface area contributed by atoms with Gasteiger partial charge in [-0.05, 0) is 36.2 Å². The van der Waals surface area contributed by atoms with E-state index in [9.17, 15) is 4.79 Å². The largest absolute Gasteiger partial charge is 0.493 e. The molecule has 3 aromatic rings. The summed E-state index contributed by atoms with van der Waals surface area (Å²) in [6.45, 7) is 0.620. The summed E-state index contributed by atoms with van der Waals surface area (Å²) < 4.78 is 12.6. The number of ether oxygens (including phenoxy) is 2. The number of nitrogens with one attached hydrogen (secondary N) is 1. The average molecular weight is 367 g/mol. The number of carbonyl (C=O) groups is 1. The fourth-order valence-corrected chi connectivity index (χ4v) is 3.13. The smallest absolute Gasteiger partial charge is 0.224 e. The molecule has 6 heteroatoms. The van der Waals surface area contributed by atoms with Crippen LogP contribution in [0.3, 0.4) is 0 Å². The fraction of sp³-hybridized carbons (Fsp3) is 0.333. The minimum Gasteiger partial charge on any atom is -0.493 e. The van der Waals surface area contributed by atoms with Crippen LogP contribution in [-0.4, -0.2) is 36.2 Å². The van der Waals surface area contributed by atoms with Gasteiger partial charge in [-0.2, -0.15) is 0 Å². The van der Waals surface area contributed by atoms with Gasteiger partial charge in [0.25, 0.3) is 0 Å². The SMILES string of the molecule is COc1ccc(CC(=O)NCCCc2nc3ccccc3n2C)cc1OC. The quantitative estimate of drug-likeness (QED) is 0.622. The van der Waals surface area contributed by atoms with Crippen molar-refractivity contribution in [2.75, 3.05) is 20.8 Å². The Morgan fingerprint density at radius 1 is 1.11 bits per heavy atom. The first-order valence-electron chi connectivity index (χ1n) is 9.00. The van der Waals surface area contributed by atoms with Crippen LogP contribution >= 0.6 is 0 Å². The van der Waals surface area contributed by atoms with E-state index in [4.69, 9.17) is 9.47 Å². The Kier molecular flexibility index (Phi) is 5.96. The van der Waals surface area contributed by atoms with E-state index in [0.29, 0.717) is 24.5 Å². The lowest BCUT2D eigenvalue weighted by atomic mass is 10.1. The number of amides is 1. The number of rotatable bonds is 8. The van der Waals surface area contributed by atoms with Crippen molar-refractivity contribution >= 4 is 16.9 Å². The maximum atomic E-state index is 12.2. The predicted molar refractivity (Wildman–Crippen MR) is 105 cm³/mol. The van der Waals surface area contributed by atoms with Gasteiger partial charge in [-0.3, -0.25) is 4.79 Å². The molecule has 0 spiro atoms. The molecule has 0 saturated carbocycles. The van der Waals surface area contributed by atoms with E-state index in [1.165, 1.54) is 0 Å². The molecule has 1 amide bonds. The second-order valence-electron chi connectivity index (χ2n) is 6.40. The van der Waals surface area contributed by atoms with E-state index >= 15 is 0 Å². The fourth-order valence-electron chi connectivity index (χ4n) is 3.13. The van der Waals surface area contributed by atoms with Crippen LogP contribution in [0.1, 0.15) is 17.8 Å². The molecule has 0 fully saturated rings. The summed E-state index contributed by atoms with van der Waals surface area (Å²) in [7, 11) is 5.21. The van der Waals surface area contributed by atoms with Crippen molar-refractivity contribution < 1.29 is 14.3 Å². The highest BCUT2D eigenvalue weighted by molar-refractivity contribution is 5.78. The van der Waals surface area contributed by atoms with E-state index in [-0.39, 0.29) is 5.91 Å². The number of para-hydroxylation sites is 2. The molecule has 0 radical (unpaired) electrons. The molecule has 0 aliphatic carbocycles. The molecule has 0 aliphatic heterocycles. The van der Waals surface area contributed by atoms with Crippen molar-refractivity contribution in [3.8, 4) is 11.5 Å². The van der Waals surface area contributed by atoms with Crippen molar-refractivity contribution in [3.05, 3.63) is 53.9 Å². The van der Waals surface area contributed by atoms with Crippen molar-refractivity contribution in [1.29, 1.82) is 0 Å². The van der Waals surface area contributed by atoms with Crippen molar-refractivity contribution in [1.82, 2.24) is 14.9 Å². The lowest BCUT2D eigenvalue weighted by Crippen LogP contribution is -2.26. The third-order valence-electron chi connectivity index (χ3n) is 4.59. The summed E-state index contributed by atoms with van der Waals surface area (Å²) in [6.07, 6.45) is 1.98. The van der Waals surface area contributed by atoms with Gasteiger partial charge in [0.15, 0.2) is 11.5 Å².